The van der Waals surface area contributed by atoms with E-state index in [-0.39, 0.29) is 0 Å². The molecule has 0 aliphatic carbocycles. The monoisotopic (exact) mass is 165 g/mol. The predicted molar refractivity (Wildman–Crippen MR) is 52.1 cm³/mol. The summed E-state index contributed by atoms with van der Waals surface area (Å²) in [5, 5.41) is 7.64. The van der Waals surface area contributed by atoms with Crippen LogP contribution in [0.15, 0.2) is 30.3 Å². The normalized spacial score (nSPS) is 10.6. The molecule has 0 radical (unpaired) electrons. The molecule has 58 valence electrons. The standard InChI is InChI=1S/C9H12NP/c1-2-11-9(10)8-6-4-3-5-7-8/h3-7,10-11H,2H2,1H3. The van der Waals surface area contributed by atoms with Crippen LogP contribution in [-0.4, -0.2) is 11.6 Å². The van der Waals surface area contributed by atoms with Gasteiger partial charge in [0.05, 0.1) is 5.45 Å². The van der Waals surface area contributed by atoms with Crippen LogP contribution >= 0.6 is 8.58 Å². The van der Waals surface area contributed by atoms with Gasteiger partial charge in [-0.2, -0.15) is 0 Å². The smallest absolute Gasteiger partial charge is 0.0582 e. The van der Waals surface area contributed by atoms with Crippen molar-refractivity contribution in [1.29, 1.82) is 5.41 Å². The summed E-state index contributed by atoms with van der Waals surface area (Å²) in [5.74, 6) is 0. The summed E-state index contributed by atoms with van der Waals surface area (Å²) in [5.41, 5.74) is 1.83. The molecule has 0 bridgehead atoms. The lowest BCUT2D eigenvalue weighted by atomic mass is 10.2. The maximum Gasteiger partial charge on any atom is 0.0582 e. The average molecular weight is 165 g/mol. The van der Waals surface area contributed by atoms with Gasteiger partial charge in [-0.25, -0.2) is 0 Å². The van der Waals surface area contributed by atoms with Crippen LogP contribution in [0.25, 0.3) is 0 Å². The molecule has 1 N–H and O–H groups in total. The highest BCUT2D eigenvalue weighted by molar-refractivity contribution is 7.59. The number of hydrogen-bond acceptors (Lipinski definition) is 1. The van der Waals surface area contributed by atoms with E-state index < -0.39 is 0 Å². The Morgan fingerprint density at radius 2 is 2.00 bits per heavy atom. The Morgan fingerprint density at radius 3 is 2.55 bits per heavy atom. The molecule has 1 rings (SSSR count). The molecule has 0 fully saturated rings. The van der Waals surface area contributed by atoms with Crippen molar-refractivity contribution in [2.75, 3.05) is 6.16 Å². The Hall–Kier alpha value is -0.680. The largest absolute Gasteiger partial charge is 0.300 e. The van der Waals surface area contributed by atoms with Gasteiger partial charge in [-0.3, -0.25) is 0 Å². The average Bonchev–Trinajstić information content (AvgIpc) is 2.07. The molecule has 1 aromatic carbocycles. The summed E-state index contributed by atoms with van der Waals surface area (Å²) in [6.45, 7) is 2.11. The number of hydrogen-bond donors (Lipinski definition) is 1. The minimum atomic E-state index is 0.649. The van der Waals surface area contributed by atoms with Crippen molar-refractivity contribution in [3.8, 4) is 0 Å². The van der Waals surface area contributed by atoms with Gasteiger partial charge >= 0.3 is 0 Å². The first-order chi connectivity index (χ1) is 5.34. The molecule has 1 unspecified atom stereocenters. The van der Waals surface area contributed by atoms with E-state index in [1.54, 1.807) is 0 Å². The molecule has 1 aromatic rings. The second kappa shape index (κ2) is 4.25. The van der Waals surface area contributed by atoms with Gasteiger partial charge in [0.2, 0.25) is 0 Å². The Kier molecular flexibility index (Phi) is 3.25. The van der Waals surface area contributed by atoms with Crippen LogP contribution in [0, 0.1) is 5.41 Å². The van der Waals surface area contributed by atoms with Gasteiger partial charge in [-0.1, -0.05) is 45.8 Å². The Bertz CT molecular complexity index is 231. The van der Waals surface area contributed by atoms with Crippen LogP contribution in [0.5, 0.6) is 0 Å². The van der Waals surface area contributed by atoms with Gasteiger partial charge in [0.25, 0.3) is 0 Å². The highest BCUT2D eigenvalue weighted by atomic mass is 31.1. The number of rotatable bonds is 3. The van der Waals surface area contributed by atoms with Crippen molar-refractivity contribution in [2.24, 2.45) is 0 Å². The van der Waals surface area contributed by atoms with Gasteiger partial charge in [-0.15, -0.1) is 0 Å². The minimum Gasteiger partial charge on any atom is -0.300 e. The van der Waals surface area contributed by atoms with E-state index in [1.807, 2.05) is 30.3 Å². The van der Waals surface area contributed by atoms with Crippen molar-refractivity contribution in [2.45, 2.75) is 6.92 Å². The lowest BCUT2D eigenvalue weighted by Crippen LogP contribution is -1.89. The fourth-order valence-corrected chi connectivity index (χ4v) is 1.61. The van der Waals surface area contributed by atoms with Gasteiger partial charge in [0, 0.05) is 0 Å². The highest BCUT2D eigenvalue weighted by Gasteiger charge is 1.96. The van der Waals surface area contributed by atoms with Crippen LogP contribution in [-0.2, 0) is 0 Å². The summed E-state index contributed by atoms with van der Waals surface area (Å²) in [4.78, 5) is 0. The summed E-state index contributed by atoms with van der Waals surface area (Å²) < 4.78 is 0. The highest BCUT2D eigenvalue weighted by Crippen LogP contribution is 2.16. The molecule has 0 aromatic heterocycles. The summed E-state index contributed by atoms with van der Waals surface area (Å²) in [6.07, 6.45) is 1.08. The van der Waals surface area contributed by atoms with E-state index in [4.69, 9.17) is 5.41 Å². The van der Waals surface area contributed by atoms with Gasteiger partial charge in [0.1, 0.15) is 0 Å². The van der Waals surface area contributed by atoms with E-state index in [0.717, 1.165) is 17.2 Å². The van der Waals surface area contributed by atoms with Crippen LogP contribution in [0.4, 0.5) is 0 Å². The molecule has 0 aliphatic rings. The maximum atomic E-state index is 7.64. The van der Waals surface area contributed by atoms with Gasteiger partial charge in [0.15, 0.2) is 0 Å². The predicted octanol–water partition coefficient (Wildman–Crippen LogP) is 2.71. The van der Waals surface area contributed by atoms with E-state index in [2.05, 4.69) is 6.92 Å². The molecule has 1 atom stereocenters. The van der Waals surface area contributed by atoms with E-state index in [0.29, 0.717) is 8.58 Å². The molecule has 0 amide bonds. The molecule has 0 heterocycles. The summed E-state index contributed by atoms with van der Waals surface area (Å²) in [6, 6.07) is 9.91. The minimum absolute atomic E-state index is 0.649. The van der Waals surface area contributed by atoms with E-state index >= 15 is 0 Å². The van der Waals surface area contributed by atoms with E-state index in [9.17, 15) is 0 Å². The van der Waals surface area contributed by atoms with Crippen LogP contribution in [0.3, 0.4) is 0 Å². The lowest BCUT2D eigenvalue weighted by molar-refractivity contribution is 1.49. The number of benzene rings is 1. The lowest BCUT2D eigenvalue weighted by Gasteiger charge is -2.00. The molecule has 1 nitrogen and oxygen atoms in total. The molecular formula is C9H12NP. The van der Waals surface area contributed by atoms with Crippen molar-refractivity contribution in [3.63, 3.8) is 0 Å². The Morgan fingerprint density at radius 1 is 1.36 bits per heavy atom. The third-order valence-corrected chi connectivity index (χ3v) is 2.41. The molecular weight excluding hydrogens is 153 g/mol. The van der Waals surface area contributed by atoms with Crippen LogP contribution < -0.4 is 0 Å². The van der Waals surface area contributed by atoms with Crippen molar-refractivity contribution in [1.82, 2.24) is 0 Å². The zero-order chi connectivity index (χ0) is 8.10. The fourth-order valence-electron chi connectivity index (χ4n) is 0.884. The molecule has 0 spiro atoms. The molecule has 0 saturated heterocycles. The first-order valence-corrected chi connectivity index (χ1v) is 4.93. The number of nitrogens with one attached hydrogen (secondary N) is 1. The third kappa shape index (κ3) is 2.44. The fraction of sp³-hybridized carbons (Fsp3) is 0.222. The molecule has 11 heavy (non-hydrogen) atoms. The summed E-state index contributed by atoms with van der Waals surface area (Å²) >= 11 is 0. The third-order valence-electron chi connectivity index (χ3n) is 1.42. The van der Waals surface area contributed by atoms with Crippen LogP contribution in [0.2, 0.25) is 0 Å². The van der Waals surface area contributed by atoms with Crippen molar-refractivity contribution >= 4 is 14.0 Å². The second-order valence-corrected chi connectivity index (χ2v) is 3.83. The van der Waals surface area contributed by atoms with Crippen LogP contribution in [0.1, 0.15) is 12.5 Å². The molecule has 2 heteroatoms. The van der Waals surface area contributed by atoms with Gasteiger partial charge in [-0.05, 0) is 11.7 Å². The molecule has 0 saturated carbocycles. The first kappa shape index (κ1) is 8.42. The molecule has 0 aliphatic heterocycles. The van der Waals surface area contributed by atoms with Crippen molar-refractivity contribution < 1.29 is 0 Å². The quantitative estimate of drug-likeness (QED) is 0.526. The second-order valence-electron chi connectivity index (χ2n) is 2.27. The van der Waals surface area contributed by atoms with Crippen molar-refractivity contribution in [3.05, 3.63) is 35.9 Å². The van der Waals surface area contributed by atoms with E-state index in [1.165, 1.54) is 0 Å². The van der Waals surface area contributed by atoms with Gasteiger partial charge < -0.3 is 5.41 Å². The Labute approximate surface area is 69.1 Å². The Balaban J connectivity index is 2.69. The first-order valence-electron chi connectivity index (χ1n) is 3.72. The topological polar surface area (TPSA) is 23.9 Å². The zero-order valence-corrected chi connectivity index (χ0v) is 7.59. The maximum absolute atomic E-state index is 7.64. The zero-order valence-electron chi connectivity index (χ0n) is 6.59. The summed E-state index contributed by atoms with van der Waals surface area (Å²) in [7, 11) is 0.649. The SMILES string of the molecule is CCPC(=N)c1ccccc1.